The number of carbonyl (C=O) groups is 3. The number of hydrogen-bond acceptors (Lipinski definition) is 5. The number of para-hydroxylation sites is 2. The van der Waals surface area contributed by atoms with Gasteiger partial charge in [-0.25, -0.2) is 0 Å². The molecule has 1 unspecified atom stereocenters. The maximum absolute atomic E-state index is 12.6. The number of carboxylic acid groups (broad SMARTS) is 1. The quantitative estimate of drug-likeness (QED) is 0.673. The van der Waals surface area contributed by atoms with E-state index in [1.54, 1.807) is 18.2 Å². The number of benzene rings is 1. The van der Waals surface area contributed by atoms with Crippen molar-refractivity contribution in [2.45, 2.75) is 19.8 Å². The molecular formula is C19H27N3O5. The summed E-state index contributed by atoms with van der Waals surface area (Å²) in [5.41, 5.74) is 0.553. The summed E-state index contributed by atoms with van der Waals surface area (Å²) in [5, 5.41) is 11.8. The van der Waals surface area contributed by atoms with Crippen molar-refractivity contribution in [1.82, 2.24) is 9.80 Å². The van der Waals surface area contributed by atoms with Gasteiger partial charge in [0.05, 0.1) is 31.8 Å². The Morgan fingerprint density at radius 1 is 1.33 bits per heavy atom. The van der Waals surface area contributed by atoms with Crippen molar-refractivity contribution in [2.75, 3.05) is 45.2 Å². The summed E-state index contributed by atoms with van der Waals surface area (Å²) in [6.07, 6.45) is 1.27. The molecule has 148 valence electrons. The van der Waals surface area contributed by atoms with Gasteiger partial charge in [-0.05, 0) is 31.5 Å². The summed E-state index contributed by atoms with van der Waals surface area (Å²) in [4.78, 5) is 39.4. The maximum Gasteiger partial charge on any atom is 0.307 e. The number of rotatable bonds is 9. The van der Waals surface area contributed by atoms with Gasteiger partial charge in [-0.2, -0.15) is 0 Å². The first-order valence-corrected chi connectivity index (χ1v) is 9.10. The highest BCUT2D eigenvalue weighted by atomic mass is 16.5. The van der Waals surface area contributed by atoms with Gasteiger partial charge in [0, 0.05) is 13.1 Å². The molecule has 1 aromatic rings. The van der Waals surface area contributed by atoms with Crippen molar-refractivity contribution in [3.8, 4) is 5.75 Å². The number of carboxylic acids is 1. The van der Waals surface area contributed by atoms with Gasteiger partial charge in [0.2, 0.25) is 11.8 Å². The molecule has 8 heteroatoms. The highest BCUT2D eigenvalue weighted by Gasteiger charge is 2.30. The maximum atomic E-state index is 12.6. The van der Waals surface area contributed by atoms with Crippen LogP contribution in [0.4, 0.5) is 5.69 Å². The van der Waals surface area contributed by atoms with Crippen molar-refractivity contribution < 1.29 is 24.2 Å². The van der Waals surface area contributed by atoms with E-state index in [2.05, 4.69) is 5.32 Å². The lowest BCUT2D eigenvalue weighted by molar-refractivity contribution is -0.141. The summed E-state index contributed by atoms with van der Waals surface area (Å²) < 4.78 is 5.21. The molecule has 2 rings (SSSR count). The minimum Gasteiger partial charge on any atom is -0.495 e. The summed E-state index contributed by atoms with van der Waals surface area (Å²) in [6.45, 7) is 3.43. The van der Waals surface area contributed by atoms with Crippen LogP contribution in [-0.2, 0) is 14.4 Å². The molecule has 0 aromatic heterocycles. The van der Waals surface area contributed by atoms with E-state index in [-0.39, 0.29) is 24.9 Å². The molecule has 1 saturated heterocycles. The van der Waals surface area contributed by atoms with Gasteiger partial charge < -0.3 is 20.1 Å². The zero-order valence-corrected chi connectivity index (χ0v) is 15.8. The third kappa shape index (κ3) is 5.96. The van der Waals surface area contributed by atoms with E-state index in [0.29, 0.717) is 37.5 Å². The molecule has 1 atom stereocenters. The fourth-order valence-electron chi connectivity index (χ4n) is 3.14. The second-order valence-electron chi connectivity index (χ2n) is 6.62. The van der Waals surface area contributed by atoms with Gasteiger partial charge in [0.25, 0.3) is 0 Å². The lowest BCUT2D eigenvalue weighted by atomic mass is 10.1. The van der Waals surface area contributed by atoms with E-state index in [9.17, 15) is 14.4 Å². The van der Waals surface area contributed by atoms with E-state index < -0.39 is 11.9 Å². The van der Waals surface area contributed by atoms with E-state index in [4.69, 9.17) is 9.84 Å². The van der Waals surface area contributed by atoms with Crippen LogP contribution < -0.4 is 10.1 Å². The lowest BCUT2D eigenvalue weighted by Gasteiger charge is -2.24. The monoisotopic (exact) mass is 377 g/mol. The Morgan fingerprint density at radius 3 is 2.70 bits per heavy atom. The number of aliphatic carboxylic acids is 1. The first-order valence-electron chi connectivity index (χ1n) is 9.10. The molecule has 2 N–H and O–H groups in total. The second-order valence-corrected chi connectivity index (χ2v) is 6.62. The van der Waals surface area contributed by atoms with Crippen LogP contribution in [0.1, 0.15) is 19.8 Å². The van der Waals surface area contributed by atoms with Crippen LogP contribution in [0.5, 0.6) is 5.75 Å². The average Bonchev–Trinajstić information content (AvgIpc) is 3.10. The molecular weight excluding hydrogens is 350 g/mol. The number of nitrogens with zero attached hydrogens (tertiary/aromatic N) is 2. The molecule has 0 radical (unpaired) electrons. The fourth-order valence-corrected chi connectivity index (χ4v) is 3.14. The topological polar surface area (TPSA) is 99.2 Å². The van der Waals surface area contributed by atoms with Crippen LogP contribution in [0, 0.1) is 5.92 Å². The Hall–Kier alpha value is -2.61. The third-order valence-corrected chi connectivity index (χ3v) is 4.54. The number of carbonyl (C=O) groups excluding carboxylic acids is 2. The van der Waals surface area contributed by atoms with E-state index in [1.807, 2.05) is 17.9 Å². The molecule has 0 aliphatic carbocycles. The van der Waals surface area contributed by atoms with Crippen molar-refractivity contribution in [1.29, 1.82) is 0 Å². The number of amides is 2. The van der Waals surface area contributed by atoms with Crippen molar-refractivity contribution >= 4 is 23.5 Å². The van der Waals surface area contributed by atoms with Gasteiger partial charge in [0.1, 0.15) is 5.75 Å². The molecule has 1 aliphatic rings. The second kappa shape index (κ2) is 9.91. The minimum absolute atomic E-state index is 0.0546. The smallest absolute Gasteiger partial charge is 0.307 e. The first kappa shape index (κ1) is 20.7. The summed E-state index contributed by atoms with van der Waals surface area (Å²) >= 11 is 0. The molecule has 1 aromatic carbocycles. The number of nitrogens with one attached hydrogen (secondary N) is 1. The molecule has 0 saturated carbocycles. The van der Waals surface area contributed by atoms with Crippen LogP contribution in [0.15, 0.2) is 24.3 Å². The van der Waals surface area contributed by atoms with Crippen LogP contribution >= 0.6 is 0 Å². The Morgan fingerprint density at radius 2 is 2.07 bits per heavy atom. The molecule has 1 fully saturated rings. The predicted octanol–water partition coefficient (Wildman–Crippen LogP) is 1.28. The summed E-state index contributed by atoms with van der Waals surface area (Å²) in [6, 6.07) is 7.08. The van der Waals surface area contributed by atoms with E-state index in [1.165, 1.54) is 12.0 Å². The van der Waals surface area contributed by atoms with Crippen molar-refractivity contribution in [3.05, 3.63) is 24.3 Å². The van der Waals surface area contributed by atoms with Gasteiger partial charge in [-0.1, -0.05) is 19.1 Å². The predicted molar refractivity (Wildman–Crippen MR) is 101 cm³/mol. The molecule has 8 nitrogen and oxygen atoms in total. The van der Waals surface area contributed by atoms with E-state index in [0.717, 1.165) is 6.42 Å². The molecule has 1 heterocycles. The van der Waals surface area contributed by atoms with Gasteiger partial charge in [-0.3, -0.25) is 19.3 Å². The van der Waals surface area contributed by atoms with Crippen LogP contribution in [0.25, 0.3) is 0 Å². The largest absolute Gasteiger partial charge is 0.495 e. The average molecular weight is 377 g/mol. The first-order chi connectivity index (χ1) is 12.9. The number of methoxy groups -OCH3 is 1. The van der Waals surface area contributed by atoms with Crippen LogP contribution in [0.3, 0.4) is 0 Å². The Bertz CT molecular complexity index is 679. The Kier molecular flexibility index (Phi) is 7.60. The molecule has 27 heavy (non-hydrogen) atoms. The lowest BCUT2D eigenvalue weighted by Crippen LogP contribution is -2.43. The standard InChI is InChI=1S/C19H27N3O5/c1-3-9-22(18(24)13-21-10-8-14(11-21)19(25)26)12-17(23)20-15-6-4-5-7-16(15)27-2/h4-7,14H,3,8-13H2,1-2H3,(H,20,23)(H,25,26). The van der Waals surface area contributed by atoms with Crippen molar-refractivity contribution in [3.63, 3.8) is 0 Å². The van der Waals surface area contributed by atoms with Crippen LogP contribution in [0.2, 0.25) is 0 Å². The number of ether oxygens (including phenoxy) is 1. The Balaban J connectivity index is 1.92. The van der Waals surface area contributed by atoms with E-state index >= 15 is 0 Å². The fraction of sp³-hybridized carbons (Fsp3) is 0.526. The van der Waals surface area contributed by atoms with Crippen LogP contribution in [-0.4, -0.2) is 72.5 Å². The number of hydrogen-bond donors (Lipinski definition) is 2. The SMILES string of the molecule is CCCN(CC(=O)Nc1ccccc1OC)C(=O)CN1CCC(C(=O)O)C1. The molecule has 2 amide bonds. The zero-order valence-electron chi connectivity index (χ0n) is 15.8. The molecule has 1 aliphatic heterocycles. The van der Waals surface area contributed by atoms with Gasteiger partial charge in [-0.15, -0.1) is 0 Å². The zero-order chi connectivity index (χ0) is 19.8. The molecule has 0 bridgehead atoms. The summed E-state index contributed by atoms with van der Waals surface area (Å²) in [7, 11) is 1.53. The molecule has 0 spiro atoms. The number of anilines is 1. The summed E-state index contributed by atoms with van der Waals surface area (Å²) in [5.74, 6) is -1.17. The third-order valence-electron chi connectivity index (χ3n) is 4.54. The Labute approximate surface area is 159 Å². The highest BCUT2D eigenvalue weighted by Crippen LogP contribution is 2.23. The number of likely N-dealkylation sites (tertiary alicyclic amines) is 1. The van der Waals surface area contributed by atoms with Gasteiger partial charge >= 0.3 is 5.97 Å². The highest BCUT2D eigenvalue weighted by molar-refractivity contribution is 5.95. The minimum atomic E-state index is -0.827. The normalized spacial score (nSPS) is 16.7. The van der Waals surface area contributed by atoms with Crippen molar-refractivity contribution in [2.24, 2.45) is 5.92 Å². The van der Waals surface area contributed by atoms with Gasteiger partial charge in [0.15, 0.2) is 0 Å².